The molecule has 0 fully saturated rings. The summed E-state index contributed by atoms with van der Waals surface area (Å²) in [5.74, 6) is 0.720. The second-order valence-electron chi connectivity index (χ2n) is 7.82. The van der Waals surface area contributed by atoms with E-state index in [0.717, 1.165) is 31.7 Å². The molecule has 1 aromatic carbocycles. The Balaban J connectivity index is 1.98. The zero-order valence-electron chi connectivity index (χ0n) is 16.5. The third-order valence-electron chi connectivity index (χ3n) is 6.22. The molecule has 2 heterocycles. The maximum absolute atomic E-state index is 13.3. The molecule has 2 aliphatic rings. The molecule has 0 radical (unpaired) electrons. The molecule has 0 saturated carbocycles. The summed E-state index contributed by atoms with van der Waals surface area (Å²) in [6, 6.07) is 6.89. The van der Waals surface area contributed by atoms with E-state index in [1.807, 2.05) is 11.9 Å². The number of aryl methyl sites for hydroxylation is 1. The SMILES string of the molecule is CCN(CC)C(=O)c1c2c3c(cccc3n1C)C1=C[C@@H](C)CN(C)[C@@H]1C2. The molecule has 4 nitrogen and oxygen atoms in total. The van der Waals surface area contributed by atoms with Crippen LogP contribution in [0.4, 0.5) is 0 Å². The van der Waals surface area contributed by atoms with Crippen LogP contribution in [-0.4, -0.2) is 53.0 Å². The molecule has 4 heteroatoms. The molecule has 1 aromatic heterocycles. The van der Waals surface area contributed by atoms with Gasteiger partial charge in [-0.1, -0.05) is 25.1 Å². The lowest BCUT2D eigenvalue weighted by atomic mass is 9.79. The predicted octanol–water partition coefficient (Wildman–Crippen LogP) is 3.55. The minimum absolute atomic E-state index is 0.161. The Morgan fingerprint density at radius 3 is 2.65 bits per heavy atom. The lowest BCUT2D eigenvalue weighted by molar-refractivity contribution is 0.0762. The Labute approximate surface area is 156 Å². The number of carbonyl (C=O) groups is 1. The highest BCUT2D eigenvalue weighted by Crippen LogP contribution is 2.43. The van der Waals surface area contributed by atoms with Crippen molar-refractivity contribution in [3.05, 3.63) is 41.1 Å². The van der Waals surface area contributed by atoms with Crippen LogP contribution in [0.3, 0.4) is 0 Å². The monoisotopic (exact) mass is 351 g/mol. The molecule has 0 unspecified atom stereocenters. The number of hydrogen-bond donors (Lipinski definition) is 0. The third kappa shape index (κ3) is 2.35. The number of aromatic nitrogens is 1. The molecule has 1 amide bonds. The van der Waals surface area contributed by atoms with E-state index in [1.165, 1.54) is 27.6 Å². The first-order valence-corrected chi connectivity index (χ1v) is 9.79. The van der Waals surface area contributed by atoms with Gasteiger partial charge < -0.3 is 9.47 Å². The fraction of sp³-hybridized carbons (Fsp3) is 0.500. The summed E-state index contributed by atoms with van der Waals surface area (Å²) in [6.45, 7) is 8.96. The van der Waals surface area contributed by atoms with E-state index in [9.17, 15) is 4.79 Å². The largest absolute Gasteiger partial charge is 0.339 e. The van der Waals surface area contributed by atoms with E-state index in [2.05, 4.69) is 61.6 Å². The van der Waals surface area contributed by atoms with Crippen molar-refractivity contribution in [2.75, 3.05) is 26.7 Å². The van der Waals surface area contributed by atoms with Gasteiger partial charge >= 0.3 is 0 Å². The number of benzene rings is 1. The Hall–Kier alpha value is -2.07. The number of fused-ring (bicyclic) bond motifs is 2. The quantitative estimate of drug-likeness (QED) is 0.846. The standard InChI is InChI=1S/C22H29N3O/c1-6-25(7-2)22(26)21-17-12-19-16(11-14(3)13-23(19)4)15-9-8-10-18(20(15)17)24(21)5/h8-11,14,19H,6-7,12-13H2,1-5H3/t14-,19-/m1/s1. The summed E-state index contributed by atoms with van der Waals surface area (Å²) in [6.07, 6.45) is 3.37. The summed E-state index contributed by atoms with van der Waals surface area (Å²) in [5, 5.41) is 1.29. The summed E-state index contributed by atoms with van der Waals surface area (Å²) < 4.78 is 2.12. The van der Waals surface area contributed by atoms with E-state index >= 15 is 0 Å². The second-order valence-corrected chi connectivity index (χ2v) is 7.82. The van der Waals surface area contributed by atoms with Crippen molar-refractivity contribution in [2.24, 2.45) is 13.0 Å². The Bertz CT molecular complexity index is 904. The first-order chi connectivity index (χ1) is 12.5. The molecule has 2 aromatic rings. The van der Waals surface area contributed by atoms with E-state index in [1.54, 1.807) is 0 Å². The first-order valence-electron chi connectivity index (χ1n) is 9.79. The van der Waals surface area contributed by atoms with E-state index in [0.29, 0.717) is 12.0 Å². The van der Waals surface area contributed by atoms with Gasteiger partial charge in [-0.05, 0) is 56.0 Å². The number of amides is 1. The van der Waals surface area contributed by atoms with Gasteiger partial charge in [-0.15, -0.1) is 0 Å². The van der Waals surface area contributed by atoms with Crippen LogP contribution < -0.4 is 0 Å². The van der Waals surface area contributed by atoms with E-state index < -0.39 is 0 Å². The predicted molar refractivity (Wildman–Crippen MR) is 107 cm³/mol. The van der Waals surface area contributed by atoms with Gasteiger partial charge in [0.15, 0.2) is 0 Å². The van der Waals surface area contributed by atoms with Crippen molar-refractivity contribution < 1.29 is 4.79 Å². The molecule has 4 rings (SSSR count). The molecule has 0 saturated heterocycles. The summed E-state index contributed by atoms with van der Waals surface area (Å²) in [7, 11) is 4.26. The van der Waals surface area contributed by atoms with Gasteiger partial charge in [-0.2, -0.15) is 0 Å². The van der Waals surface area contributed by atoms with Gasteiger partial charge in [0.1, 0.15) is 5.69 Å². The van der Waals surface area contributed by atoms with Crippen molar-refractivity contribution >= 4 is 22.4 Å². The number of carbonyl (C=O) groups excluding carboxylic acids is 1. The van der Waals surface area contributed by atoms with Gasteiger partial charge in [0.2, 0.25) is 0 Å². The zero-order valence-corrected chi connectivity index (χ0v) is 16.5. The molecular weight excluding hydrogens is 322 g/mol. The summed E-state index contributed by atoms with van der Waals surface area (Å²) in [5.41, 5.74) is 6.05. The molecule has 1 aliphatic heterocycles. The molecule has 0 bridgehead atoms. The van der Waals surface area contributed by atoms with Crippen molar-refractivity contribution in [1.82, 2.24) is 14.4 Å². The Morgan fingerprint density at radius 1 is 1.23 bits per heavy atom. The van der Waals surface area contributed by atoms with Crippen molar-refractivity contribution in [2.45, 2.75) is 33.2 Å². The highest BCUT2D eigenvalue weighted by molar-refractivity contribution is 6.07. The highest BCUT2D eigenvalue weighted by atomic mass is 16.2. The highest BCUT2D eigenvalue weighted by Gasteiger charge is 2.36. The van der Waals surface area contributed by atoms with Crippen LogP contribution in [0, 0.1) is 5.92 Å². The van der Waals surface area contributed by atoms with E-state index in [-0.39, 0.29) is 5.91 Å². The zero-order chi connectivity index (χ0) is 18.6. The second kappa shape index (κ2) is 6.27. The lowest BCUT2D eigenvalue weighted by Crippen LogP contribution is -2.42. The summed E-state index contributed by atoms with van der Waals surface area (Å²) in [4.78, 5) is 17.7. The first kappa shape index (κ1) is 17.3. The van der Waals surface area contributed by atoms with Gasteiger partial charge in [0.25, 0.3) is 5.91 Å². The van der Waals surface area contributed by atoms with Crippen LogP contribution in [0.15, 0.2) is 24.3 Å². The average Bonchev–Trinajstić information content (AvgIpc) is 2.90. The van der Waals surface area contributed by atoms with Crippen molar-refractivity contribution in [3.63, 3.8) is 0 Å². The maximum Gasteiger partial charge on any atom is 0.270 e. The van der Waals surface area contributed by atoms with Crippen LogP contribution in [0.1, 0.15) is 42.4 Å². The minimum atomic E-state index is 0.161. The molecule has 138 valence electrons. The smallest absolute Gasteiger partial charge is 0.270 e. The van der Waals surface area contributed by atoms with Gasteiger partial charge in [-0.25, -0.2) is 0 Å². The van der Waals surface area contributed by atoms with E-state index in [4.69, 9.17) is 0 Å². The number of nitrogens with zero attached hydrogens (tertiary/aromatic N) is 3. The number of hydrogen-bond acceptors (Lipinski definition) is 2. The fourth-order valence-corrected chi connectivity index (χ4v) is 4.97. The lowest BCUT2D eigenvalue weighted by Gasteiger charge is -2.39. The summed E-state index contributed by atoms with van der Waals surface area (Å²) >= 11 is 0. The maximum atomic E-state index is 13.3. The van der Waals surface area contributed by atoms with Gasteiger partial charge in [0.05, 0.1) is 0 Å². The van der Waals surface area contributed by atoms with Crippen molar-refractivity contribution in [1.29, 1.82) is 0 Å². The van der Waals surface area contributed by atoms with Crippen LogP contribution in [-0.2, 0) is 13.5 Å². The van der Waals surface area contributed by atoms with Crippen molar-refractivity contribution in [3.8, 4) is 0 Å². The molecule has 0 N–H and O–H groups in total. The average molecular weight is 351 g/mol. The van der Waals surface area contributed by atoms with Crippen LogP contribution in [0.2, 0.25) is 0 Å². The number of likely N-dealkylation sites (N-methyl/N-ethyl adjacent to an activating group) is 1. The Morgan fingerprint density at radius 2 is 1.96 bits per heavy atom. The van der Waals surface area contributed by atoms with Crippen LogP contribution >= 0.6 is 0 Å². The topological polar surface area (TPSA) is 28.5 Å². The normalized spacial score (nSPS) is 22.3. The molecule has 26 heavy (non-hydrogen) atoms. The minimum Gasteiger partial charge on any atom is -0.339 e. The fourth-order valence-electron chi connectivity index (χ4n) is 4.97. The third-order valence-corrected chi connectivity index (χ3v) is 6.22. The molecule has 1 aliphatic carbocycles. The van der Waals surface area contributed by atoms with Crippen LogP contribution in [0.25, 0.3) is 16.5 Å². The molecule has 0 spiro atoms. The molecule has 2 atom stereocenters. The van der Waals surface area contributed by atoms with Crippen LogP contribution in [0.5, 0.6) is 0 Å². The van der Waals surface area contributed by atoms with Gasteiger partial charge in [0, 0.05) is 43.6 Å². The Kier molecular flexibility index (Phi) is 4.19. The molecular formula is C22H29N3O. The van der Waals surface area contributed by atoms with Gasteiger partial charge in [-0.3, -0.25) is 9.69 Å². The number of rotatable bonds is 3.